The van der Waals surface area contributed by atoms with Gasteiger partial charge in [0.25, 0.3) is 5.89 Å². The maximum Gasteiger partial charge on any atom is 0.267 e. The minimum Gasteiger partial charge on any atom is -0.479 e. The van der Waals surface area contributed by atoms with E-state index in [1.165, 1.54) is 0 Å². The molecular weight excluding hydrogens is 228 g/mol. The minimum absolute atomic E-state index is 0.318. The van der Waals surface area contributed by atoms with Crippen LogP contribution in [0.4, 0.5) is 0 Å². The fraction of sp³-hybridized carbons (Fsp3) is 0.273. The van der Waals surface area contributed by atoms with Gasteiger partial charge in [0, 0.05) is 0 Å². The Hall–Kier alpha value is -1.55. The van der Waals surface area contributed by atoms with Crippen molar-refractivity contribution in [2.24, 2.45) is 0 Å². The summed E-state index contributed by atoms with van der Waals surface area (Å²) in [6, 6.07) is 7.26. The summed E-state index contributed by atoms with van der Waals surface area (Å²) in [5.74, 6) is 1.63. The van der Waals surface area contributed by atoms with Crippen LogP contribution in [0.3, 0.4) is 0 Å². The third-order valence-electron chi connectivity index (χ3n) is 2.03. The highest BCUT2D eigenvalue weighted by Gasteiger charge is 2.15. The van der Waals surface area contributed by atoms with Gasteiger partial charge in [-0.25, -0.2) is 0 Å². The lowest BCUT2D eigenvalue weighted by atomic mass is 10.3. The Kier molecular flexibility index (Phi) is 3.10. The number of aromatic nitrogens is 2. The van der Waals surface area contributed by atoms with E-state index in [1.54, 1.807) is 19.1 Å². The van der Waals surface area contributed by atoms with Gasteiger partial charge in [-0.1, -0.05) is 28.9 Å². The molecule has 0 spiro atoms. The molecule has 2 aromatic rings. The van der Waals surface area contributed by atoms with Crippen molar-refractivity contribution in [1.82, 2.24) is 10.1 Å². The average Bonchev–Trinajstić information content (AvgIpc) is 2.68. The van der Waals surface area contributed by atoms with E-state index in [0.29, 0.717) is 22.5 Å². The third-order valence-corrected chi connectivity index (χ3v) is 2.34. The summed E-state index contributed by atoms with van der Waals surface area (Å²) < 4.78 is 10.6. The van der Waals surface area contributed by atoms with E-state index in [9.17, 15) is 0 Å². The van der Waals surface area contributed by atoms with Crippen molar-refractivity contribution in [2.45, 2.75) is 20.0 Å². The minimum atomic E-state index is -0.318. The van der Waals surface area contributed by atoms with Crippen LogP contribution in [0.5, 0.6) is 5.75 Å². The van der Waals surface area contributed by atoms with Crippen molar-refractivity contribution in [3.8, 4) is 5.75 Å². The van der Waals surface area contributed by atoms with Gasteiger partial charge in [-0.15, -0.1) is 0 Å². The quantitative estimate of drug-likeness (QED) is 0.824. The standard InChI is InChI=1S/C11H11ClN2O2/c1-7(11-13-8(2)14-16-11)15-10-6-4-3-5-9(10)12/h3-7H,1-2H3. The predicted octanol–water partition coefficient (Wildman–Crippen LogP) is 3.17. The Labute approximate surface area is 98.2 Å². The Morgan fingerprint density at radius 1 is 1.38 bits per heavy atom. The van der Waals surface area contributed by atoms with Crippen molar-refractivity contribution < 1.29 is 9.26 Å². The van der Waals surface area contributed by atoms with Crippen LogP contribution in [0.2, 0.25) is 5.02 Å². The second-order valence-corrected chi connectivity index (χ2v) is 3.78. The van der Waals surface area contributed by atoms with Crippen molar-refractivity contribution in [3.63, 3.8) is 0 Å². The second kappa shape index (κ2) is 4.53. The zero-order valence-corrected chi connectivity index (χ0v) is 9.73. The highest BCUT2D eigenvalue weighted by Crippen LogP contribution is 2.27. The van der Waals surface area contributed by atoms with Crippen LogP contribution in [0.25, 0.3) is 0 Å². The Morgan fingerprint density at radius 3 is 2.75 bits per heavy atom. The van der Waals surface area contributed by atoms with Gasteiger partial charge >= 0.3 is 0 Å². The molecular formula is C11H11ClN2O2. The lowest BCUT2D eigenvalue weighted by molar-refractivity contribution is 0.176. The topological polar surface area (TPSA) is 48.2 Å². The molecule has 0 fully saturated rings. The van der Waals surface area contributed by atoms with Crippen molar-refractivity contribution in [3.05, 3.63) is 41.0 Å². The largest absolute Gasteiger partial charge is 0.479 e. The summed E-state index contributed by atoms with van der Waals surface area (Å²) in [4.78, 5) is 4.09. The predicted molar refractivity (Wildman–Crippen MR) is 59.5 cm³/mol. The molecule has 5 heteroatoms. The van der Waals surface area contributed by atoms with Crippen LogP contribution in [-0.4, -0.2) is 10.1 Å². The number of hydrogen-bond acceptors (Lipinski definition) is 4. The monoisotopic (exact) mass is 238 g/mol. The van der Waals surface area contributed by atoms with Crippen LogP contribution in [0.1, 0.15) is 24.7 Å². The third kappa shape index (κ3) is 2.33. The zero-order chi connectivity index (χ0) is 11.5. The van der Waals surface area contributed by atoms with Gasteiger partial charge < -0.3 is 9.26 Å². The van der Waals surface area contributed by atoms with E-state index in [4.69, 9.17) is 20.9 Å². The summed E-state index contributed by atoms with van der Waals surface area (Å²) in [7, 11) is 0. The zero-order valence-electron chi connectivity index (χ0n) is 8.98. The maximum absolute atomic E-state index is 5.97. The normalized spacial score (nSPS) is 12.4. The fourth-order valence-corrected chi connectivity index (χ4v) is 1.44. The van der Waals surface area contributed by atoms with Gasteiger partial charge in [0.1, 0.15) is 5.75 Å². The smallest absolute Gasteiger partial charge is 0.267 e. The molecule has 16 heavy (non-hydrogen) atoms. The number of halogens is 1. The molecule has 0 amide bonds. The first-order valence-corrected chi connectivity index (χ1v) is 5.26. The second-order valence-electron chi connectivity index (χ2n) is 3.37. The van der Waals surface area contributed by atoms with Crippen molar-refractivity contribution in [2.75, 3.05) is 0 Å². The number of benzene rings is 1. The first-order chi connectivity index (χ1) is 7.66. The molecule has 0 aliphatic carbocycles. The highest BCUT2D eigenvalue weighted by atomic mass is 35.5. The van der Waals surface area contributed by atoms with E-state index < -0.39 is 0 Å². The molecule has 1 heterocycles. The molecule has 2 rings (SSSR count). The molecule has 0 saturated heterocycles. The summed E-state index contributed by atoms with van der Waals surface area (Å²) in [5, 5.41) is 4.26. The summed E-state index contributed by atoms with van der Waals surface area (Å²) in [6.07, 6.45) is -0.318. The molecule has 0 aliphatic heterocycles. The van der Waals surface area contributed by atoms with Gasteiger partial charge in [-0.3, -0.25) is 0 Å². The number of rotatable bonds is 3. The van der Waals surface area contributed by atoms with Gasteiger partial charge in [0.15, 0.2) is 11.9 Å². The van der Waals surface area contributed by atoms with Gasteiger partial charge in [0.05, 0.1) is 5.02 Å². The summed E-state index contributed by atoms with van der Waals surface area (Å²) >= 11 is 5.97. The van der Waals surface area contributed by atoms with Crippen LogP contribution >= 0.6 is 11.6 Å². The van der Waals surface area contributed by atoms with E-state index in [1.807, 2.05) is 19.1 Å². The molecule has 0 N–H and O–H groups in total. The molecule has 0 aliphatic rings. The molecule has 1 aromatic carbocycles. The average molecular weight is 239 g/mol. The SMILES string of the molecule is Cc1noc(C(C)Oc2ccccc2Cl)n1. The molecule has 4 nitrogen and oxygen atoms in total. The summed E-state index contributed by atoms with van der Waals surface area (Å²) in [5.41, 5.74) is 0. The number of para-hydroxylation sites is 1. The lowest BCUT2D eigenvalue weighted by Gasteiger charge is -2.11. The van der Waals surface area contributed by atoms with E-state index in [0.717, 1.165) is 0 Å². The Bertz CT molecular complexity index is 484. The Balaban J connectivity index is 2.13. The van der Waals surface area contributed by atoms with Crippen molar-refractivity contribution in [1.29, 1.82) is 0 Å². The van der Waals surface area contributed by atoms with E-state index in [2.05, 4.69) is 10.1 Å². The van der Waals surface area contributed by atoms with Gasteiger partial charge in [-0.05, 0) is 26.0 Å². The molecule has 0 saturated carbocycles. The van der Waals surface area contributed by atoms with Crippen LogP contribution in [0.15, 0.2) is 28.8 Å². The van der Waals surface area contributed by atoms with Gasteiger partial charge in [0.2, 0.25) is 0 Å². The fourth-order valence-electron chi connectivity index (χ4n) is 1.26. The lowest BCUT2D eigenvalue weighted by Crippen LogP contribution is -2.03. The number of aryl methyl sites for hydroxylation is 1. The number of ether oxygens (including phenoxy) is 1. The Morgan fingerprint density at radius 2 is 2.12 bits per heavy atom. The van der Waals surface area contributed by atoms with E-state index >= 15 is 0 Å². The van der Waals surface area contributed by atoms with Crippen LogP contribution in [0, 0.1) is 6.92 Å². The molecule has 1 atom stereocenters. The molecule has 0 radical (unpaired) electrons. The number of nitrogens with zero attached hydrogens (tertiary/aromatic N) is 2. The first kappa shape index (κ1) is 11.0. The molecule has 0 bridgehead atoms. The van der Waals surface area contributed by atoms with Crippen molar-refractivity contribution >= 4 is 11.6 Å². The number of hydrogen-bond donors (Lipinski definition) is 0. The maximum atomic E-state index is 5.97. The molecule has 1 aromatic heterocycles. The summed E-state index contributed by atoms with van der Waals surface area (Å²) in [6.45, 7) is 3.59. The van der Waals surface area contributed by atoms with Gasteiger partial charge in [-0.2, -0.15) is 4.98 Å². The first-order valence-electron chi connectivity index (χ1n) is 4.88. The van der Waals surface area contributed by atoms with E-state index in [-0.39, 0.29) is 6.10 Å². The van der Waals surface area contributed by atoms with Crippen LogP contribution < -0.4 is 4.74 Å². The van der Waals surface area contributed by atoms with Crippen LogP contribution in [-0.2, 0) is 0 Å². The highest BCUT2D eigenvalue weighted by molar-refractivity contribution is 6.32. The molecule has 1 unspecified atom stereocenters. The molecule has 84 valence electrons.